The molecule has 114 valence electrons. The highest BCUT2D eigenvalue weighted by molar-refractivity contribution is 9.13. The Kier molecular flexibility index (Phi) is 4.44. The second-order valence-electron chi connectivity index (χ2n) is 5.02. The van der Waals surface area contributed by atoms with Gasteiger partial charge in [-0.3, -0.25) is 4.79 Å². The Morgan fingerprint density at radius 3 is 2.32 bits per heavy atom. The molecule has 0 aliphatic carbocycles. The fourth-order valence-electron chi connectivity index (χ4n) is 2.45. The number of nitrogens with one attached hydrogen (secondary N) is 2. The van der Waals surface area contributed by atoms with E-state index in [2.05, 4.69) is 74.0 Å². The van der Waals surface area contributed by atoms with Gasteiger partial charge >= 0.3 is 0 Å². The number of H-pyrrole nitrogens is 1. The number of amides is 1. The third kappa shape index (κ3) is 2.56. The molecule has 0 spiro atoms. The molecule has 22 heavy (non-hydrogen) atoms. The molecule has 0 fully saturated rings. The zero-order valence-corrected chi connectivity index (χ0v) is 17.9. The normalized spacial score (nSPS) is 15.4. The van der Waals surface area contributed by atoms with Crippen molar-refractivity contribution in [2.75, 3.05) is 5.32 Å². The van der Waals surface area contributed by atoms with Gasteiger partial charge in [0.05, 0.1) is 25.9 Å². The summed E-state index contributed by atoms with van der Waals surface area (Å²) in [4.78, 5) is 15.7. The molecular formula is C15H10Br4N2O. The van der Waals surface area contributed by atoms with Gasteiger partial charge in [0, 0.05) is 20.2 Å². The molecule has 1 aliphatic heterocycles. The average Bonchev–Trinajstić information content (AvgIpc) is 2.91. The molecule has 0 unspecified atom stereocenters. The number of aryl methyl sites for hydroxylation is 1. The number of hydrogen-bond acceptors (Lipinski definition) is 1. The Morgan fingerprint density at radius 2 is 1.73 bits per heavy atom. The molecule has 3 rings (SSSR count). The van der Waals surface area contributed by atoms with Gasteiger partial charge in [-0.05, 0) is 79.3 Å². The van der Waals surface area contributed by atoms with Crippen LogP contribution >= 0.6 is 63.7 Å². The Labute approximate surface area is 161 Å². The van der Waals surface area contributed by atoms with E-state index >= 15 is 0 Å². The van der Waals surface area contributed by atoms with Gasteiger partial charge in [-0.25, -0.2) is 0 Å². The zero-order chi connectivity index (χ0) is 16.2. The third-order valence-electron chi connectivity index (χ3n) is 3.60. The van der Waals surface area contributed by atoms with Crippen molar-refractivity contribution < 1.29 is 4.79 Å². The Morgan fingerprint density at radius 1 is 1.05 bits per heavy atom. The molecule has 0 saturated carbocycles. The van der Waals surface area contributed by atoms with Crippen molar-refractivity contribution in [3.05, 3.63) is 46.5 Å². The van der Waals surface area contributed by atoms with Gasteiger partial charge in [0.25, 0.3) is 5.91 Å². The van der Waals surface area contributed by atoms with Crippen LogP contribution in [-0.4, -0.2) is 10.9 Å². The van der Waals surface area contributed by atoms with E-state index in [0.717, 1.165) is 46.1 Å². The zero-order valence-electron chi connectivity index (χ0n) is 11.6. The molecule has 0 saturated heterocycles. The van der Waals surface area contributed by atoms with Crippen LogP contribution in [0, 0.1) is 13.8 Å². The lowest BCUT2D eigenvalue weighted by Gasteiger charge is -2.08. The molecule has 1 amide bonds. The number of rotatable bonds is 1. The Hall–Kier alpha value is -0.370. The number of carbonyl (C=O) groups excluding carboxylic acids is 1. The maximum Gasteiger partial charge on any atom is 0.256 e. The van der Waals surface area contributed by atoms with Gasteiger partial charge < -0.3 is 10.3 Å². The van der Waals surface area contributed by atoms with Crippen molar-refractivity contribution >= 4 is 87.0 Å². The van der Waals surface area contributed by atoms with Gasteiger partial charge in [-0.2, -0.15) is 0 Å². The topological polar surface area (TPSA) is 44.9 Å². The van der Waals surface area contributed by atoms with Crippen molar-refractivity contribution in [3.8, 4) is 0 Å². The summed E-state index contributed by atoms with van der Waals surface area (Å²) in [6.07, 6.45) is 1.87. The van der Waals surface area contributed by atoms with Crippen molar-refractivity contribution in [1.29, 1.82) is 0 Å². The number of hydrogen-bond donors (Lipinski definition) is 2. The van der Waals surface area contributed by atoms with Crippen molar-refractivity contribution in [2.45, 2.75) is 13.8 Å². The summed E-state index contributed by atoms with van der Waals surface area (Å²) in [5.41, 5.74) is 5.27. The van der Waals surface area contributed by atoms with Gasteiger partial charge in [0.15, 0.2) is 0 Å². The second-order valence-corrected chi connectivity index (χ2v) is 8.31. The van der Waals surface area contributed by atoms with Crippen LogP contribution in [0.2, 0.25) is 0 Å². The lowest BCUT2D eigenvalue weighted by atomic mass is 10.0. The minimum atomic E-state index is -0.104. The molecule has 1 aliphatic rings. The molecule has 1 aromatic carbocycles. The molecule has 3 nitrogen and oxygen atoms in total. The van der Waals surface area contributed by atoms with Crippen molar-refractivity contribution in [2.24, 2.45) is 0 Å². The van der Waals surface area contributed by atoms with E-state index in [1.54, 1.807) is 0 Å². The molecule has 0 bridgehead atoms. The lowest BCUT2D eigenvalue weighted by Crippen LogP contribution is -2.04. The first-order chi connectivity index (χ1) is 10.3. The molecule has 2 heterocycles. The van der Waals surface area contributed by atoms with Crippen molar-refractivity contribution in [1.82, 2.24) is 4.98 Å². The van der Waals surface area contributed by atoms with Crippen LogP contribution in [-0.2, 0) is 4.79 Å². The highest BCUT2D eigenvalue weighted by atomic mass is 79.9. The van der Waals surface area contributed by atoms with Gasteiger partial charge in [-0.15, -0.1) is 0 Å². The van der Waals surface area contributed by atoms with Crippen LogP contribution < -0.4 is 5.32 Å². The van der Waals surface area contributed by atoms with E-state index in [1.807, 2.05) is 26.0 Å². The van der Waals surface area contributed by atoms with Gasteiger partial charge in [0.2, 0.25) is 0 Å². The Balaban J connectivity index is 2.24. The van der Waals surface area contributed by atoms with E-state index in [4.69, 9.17) is 0 Å². The van der Waals surface area contributed by atoms with E-state index in [1.165, 1.54) is 0 Å². The SMILES string of the molecule is Cc1[nH]c(C=C2C(=O)Nc3c(Br)cc(Br)c(C)c32)c(Br)c1Br. The summed E-state index contributed by atoms with van der Waals surface area (Å²) in [5, 5.41) is 2.93. The molecule has 1 aromatic heterocycles. The number of aromatic amines is 1. The maximum absolute atomic E-state index is 12.4. The number of halogens is 4. The number of fused-ring (bicyclic) bond motifs is 1. The van der Waals surface area contributed by atoms with Gasteiger partial charge in [-0.1, -0.05) is 15.9 Å². The fourth-order valence-corrected chi connectivity index (χ4v) is 4.53. The number of aromatic nitrogens is 1. The fraction of sp³-hybridized carbons (Fsp3) is 0.133. The molecule has 0 radical (unpaired) electrons. The number of anilines is 1. The highest BCUT2D eigenvalue weighted by Crippen LogP contribution is 2.44. The van der Waals surface area contributed by atoms with Crippen LogP contribution in [0.25, 0.3) is 11.6 Å². The van der Waals surface area contributed by atoms with E-state index in [9.17, 15) is 4.79 Å². The largest absolute Gasteiger partial charge is 0.357 e. The smallest absolute Gasteiger partial charge is 0.256 e. The monoisotopic (exact) mass is 550 g/mol. The Bertz CT molecular complexity index is 852. The number of carbonyl (C=O) groups is 1. The molecule has 7 heteroatoms. The predicted octanol–water partition coefficient (Wildman–Crippen LogP) is 6.17. The summed E-state index contributed by atoms with van der Waals surface area (Å²) in [5.74, 6) is -0.104. The number of benzene rings is 1. The van der Waals surface area contributed by atoms with E-state index in [-0.39, 0.29) is 5.91 Å². The summed E-state index contributed by atoms with van der Waals surface area (Å²) in [7, 11) is 0. The summed E-state index contributed by atoms with van der Waals surface area (Å²) >= 11 is 14.1. The van der Waals surface area contributed by atoms with Crippen LogP contribution in [0.5, 0.6) is 0 Å². The first-order valence-electron chi connectivity index (χ1n) is 6.36. The highest BCUT2D eigenvalue weighted by Gasteiger charge is 2.29. The molecule has 0 atom stereocenters. The van der Waals surface area contributed by atoms with Crippen LogP contribution in [0.15, 0.2) is 24.0 Å². The molecular weight excluding hydrogens is 544 g/mol. The quantitative estimate of drug-likeness (QED) is 0.408. The third-order valence-corrected chi connectivity index (χ3v) is 7.39. The summed E-state index contributed by atoms with van der Waals surface area (Å²) < 4.78 is 3.69. The predicted molar refractivity (Wildman–Crippen MR) is 104 cm³/mol. The molecule has 2 aromatic rings. The van der Waals surface area contributed by atoms with Gasteiger partial charge in [0.1, 0.15) is 0 Å². The van der Waals surface area contributed by atoms with Crippen LogP contribution in [0.4, 0.5) is 5.69 Å². The van der Waals surface area contributed by atoms with Crippen molar-refractivity contribution in [3.63, 3.8) is 0 Å². The first kappa shape index (κ1) is 16.5. The maximum atomic E-state index is 12.4. The first-order valence-corrected chi connectivity index (χ1v) is 9.54. The standard InChI is InChI=1S/C15H10Br4N2O/c1-5-8(16)4-9(17)14-11(5)7(15(22)21-14)3-10-13(19)12(18)6(2)20-10/h3-4,20H,1-2H3,(H,21,22). The summed E-state index contributed by atoms with van der Waals surface area (Å²) in [6.45, 7) is 3.96. The minimum absolute atomic E-state index is 0.104. The van der Waals surface area contributed by atoms with Crippen LogP contribution in [0.1, 0.15) is 22.5 Å². The van der Waals surface area contributed by atoms with Crippen LogP contribution in [0.3, 0.4) is 0 Å². The summed E-state index contributed by atoms with van der Waals surface area (Å²) in [6, 6.07) is 1.95. The van der Waals surface area contributed by atoms with E-state index in [0.29, 0.717) is 5.57 Å². The molecule has 2 N–H and O–H groups in total. The second kappa shape index (κ2) is 5.92. The average molecular weight is 554 g/mol. The minimum Gasteiger partial charge on any atom is -0.357 e. The lowest BCUT2D eigenvalue weighted by molar-refractivity contribution is -0.110. The van der Waals surface area contributed by atoms with E-state index < -0.39 is 0 Å².